The van der Waals surface area contributed by atoms with E-state index >= 15 is 0 Å². The Hall–Kier alpha value is -3.92. The molecule has 7 rings (SSSR count). The van der Waals surface area contributed by atoms with Gasteiger partial charge in [-0.2, -0.15) is 0 Å². The molecule has 2 aromatic carbocycles. The van der Waals surface area contributed by atoms with Crippen molar-refractivity contribution in [1.29, 1.82) is 0 Å². The molecule has 2 atom stereocenters. The van der Waals surface area contributed by atoms with Gasteiger partial charge in [0.2, 0.25) is 0 Å². The highest BCUT2D eigenvalue weighted by atomic mass is 16.6. The van der Waals surface area contributed by atoms with E-state index in [0.717, 1.165) is 69.1 Å². The molecule has 0 saturated carbocycles. The number of carbonyl (C=O) groups is 1. The monoisotopic (exact) mass is 655 g/mol. The number of pyridine rings is 1. The number of nitrogens with zero attached hydrogens (tertiary/aromatic N) is 3. The number of ether oxygens (including phenoxy) is 4. The van der Waals surface area contributed by atoms with E-state index in [9.17, 15) is 9.90 Å². The average molecular weight is 656 g/mol. The number of anilines is 1. The second kappa shape index (κ2) is 13.2. The number of aliphatic carboxylic acids is 1. The summed E-state index contributed by atoms with van der Waals surface area (Å²) in [5.41, 5.74) is 7.14. The molecule has 9 nitrogen and oxygen atoms in total. The van der Waals surface area contributed by atoms with Crippen molar-refractivity contribution in [3.05, 3.63) is 70.9 Å². The molecular formula is C39H49N3O6. The van der Waals surface area contributed by atoms with Crippen molar-refractivity contribution < 1.29 is 28.8 Å². The van der Waals surface area contributed by atoms with Gasteiger partial charge in [0.1, 0.15) is 23.3 Å². The fourth-order valence-electron chi connectivity index (χ4n) is 6.83. The zero-order valence-corrected chi connectivity index (χ0v) is 29.6. The van der Waals surface area contributed by atoms with E-state index in [2.05, 4.69) is 59.5 Å². The number of rotatable bonds is 3. The molecule has 1 N–H and O–H groups in total. The maximum atomic E-state index is 12.9. The second-order valence-corrected chi connectivity index (χ2v) is 14.6. The lowest BCUT2D eigenvalue weighted by Crippen LogP contribution is -2.46. The van der Waals surface area contributed by atoms with Gasteiger partial charge in [0, 0.05) is 36.0 Å². The van der Waals surface area contributed by atoms with E-state index in [-0.39, 0.29) is 11.7 Å². The van der Waals surface area contributed by atoms with Gasteiger partial charge < -0.3 is 29.0 Å². The lowest BCUT2D eigenvalue weighted by Gasteiger charge is -2.42. The Balaban J connectivity index is 1.56. The minimum absolute atomic E-state index is 0.146. The first-order chi connectivity index (χ1) is 22.7. The molecule has 48 heavy (non-hydrogen) atoms. The quantitative estimate of drug-likeness (QED) is 0.225. The summed E-state index contributed by atoms with van der Waals surface area (Å²) < 4.78 is 27.3. The molecule has 4 aromatic rings. The summed E-state index contributed by atoms with van der Waals surface area (Å²) in [6.45, 7) is 18.7. The summed E-state index contributed by atoms with van der Waals surface area (Å²) in [6.07, 6.45) is 2.29. The summed E-state index contributed by atoms with van der Waals surface area (Å²) in [5, 5.41) is 10.6. The molecule has 0 unspecified atom stereocenters. The van der Waals surface area contributed by atoms with Crippen molar-refractivity contribution in [2.24, 2.45) is 0 Å². The van der Waals surface area contributed by atoms with Crippen LogP contribution in [0.4, 0.5) is 5.82 Å². The molecule has 9 heteroatoms. The first-order valence-electron chi connectivity index (χ1n) is 17.0. The van der Waals surface area contributed by atoms with Gasteiger partial charge in [0.15, 0.2) is 6.10 Å². The Labute approximate surface area is 283 Å². The fraction of sp³-hybridized carbons (Fsp3) is 0.487. The van der Waals surface area contributed by atoms with Gasteiger partial charge in [-0.1, -0.05) is 30.3 Å². The topological polar surface area (TPSA) is 94.8 Å². The van der Waals surface area contributed by atoms with Crippen LogP contribution in [0.15, 0.2) is 48.7 Å². The Morgan fingerprint density at radius 3 is 2.48 bits per heavy atom. The average Bonchev–Trinajstić information content (AvgIpc) is 3.47. The van der Waals surface area contributed by atoms with E-state index in [1.54, 1.807) is 0 Å². The SMILES string of the molecule is Cc1ccc2c(c1)O[C@@H](C)COCCOC1(C)CCN(CC1)c1c([C@H](OC(C)(C)C)C(=O)O)c(C)c(C)c3nc(cn13)-c1cccc-2c1. The van der Waals surface area contributed by atoms with E-state index in [1.165, 1.54) is 0 Å². The minimum atomic E-state index is -1.16. The van der Waals surface area contributed by atoms with Crippen LogP contribution in [0.1, 0.15) is 75.8 Å². The predicted octanol–water partition coefficient (Wildman–Crippen LogP) is 7.71. The van der Waals surface area contributed by atoms with E-state index in [0.29, 0.717) is 38.5 Å². The molecule has 2 aromatic heterocycles. The number of aryl methyl sites for hydroxylation is 2. The number of hydrogen-bond acceptors (Lipinski definition) is 7. The van der Waals surface area contributed by atoms with Crippen LogP contribution in [0, 0.1) is 20.8 Å². The number of imidazole rings is 1. The fourth-order valence-corrected chi connectivity index (χ4v) is 6.83. The van der Waals surface area contributed by atoms with Crippen molar-refractivity contribution in [3.63, 3.8) is 0 Å². The highest BCUT2D eigenvalue weighted by molar-refractivity contribution is 5.81. The summed E-state index contributed by atoms with van der Waals surface area (Å²) >= 11 is 0. The molecule has 5 heterocycles. The highest BCUT2D eigenvalue weighted by Crippen LogP contribution is 2.41. The number of hydrogen-bond donors (Lipinski definition) is 1. The Bertz CT molecular complexity index is 1810. The first-order valence-corrected chi connectivity index (χ1v) is 17.0. The van der Waals surface area contributed by atoms with Crippen molar-refractivity contribution in [2.45, 2.75) is 91.6 Å². The Kier molecular flexibility index (Phi) is 9.32. The lowest BCUT2D eigenvalue weighted by molar-refractivity contribution is -0.160. The van der Waals surface area contributed by atoms with Gasteiger partial charge in [-0.25, -0.2) is 9.78 Å². The number of benzene rings is 2. The summed E-state index contributed by atoms with van der Waals surface area (Å²) in [6, 6.07) is 14.6. The van der Waals surface area contributed by atoms with Gasteiger partial charge in [0.25, 0.3) is 0 Å². The molecule has 0 radical (unpaired) electrons. The van der Waals surface area contributed by atoms with Crippen molar-refractivity contribution in [2.75, 3.05) is 37.8 Å². The molecule has 6 bridgehead atoms. The zero-order chi connectivity index (χ0) is 34.4. The van der Waals surface area contributed by atoms with Crippen molar-refractivity contribution in [1.82, 2.24) is 9.38 Å². The van der Waals surface area contributed by atoms with Crippen LogP contribution in [-0.2, 0) is 19.0 Å². The van der Waals surface area contributed by atoms with E-state index in [1.807, 2.05) is 53.8 Å². The van der Waals surface area contributed by atoms with Crippen LogP contribution in [-0.4, -0.2) is 70.7 Å². The molecule has 0 amide bonds. The zero-order valence-electron chi connectivity index (χ0n) is 29.6. The van der Waals surface area contributed by atoms with Gasteiger partial charge in [-0.15, -0.1) is 0 Å². The Morgan fingerprint density at radius 1 is 1.04 bits per heavy atom. The summed E-state index contributed by atoms with van der Waals surface area (Å²) in [4.78, 5) is 20.4. The standard InChI is InChI=1S/C39H49N3O6/c1-24-12-13-30-28-10-9-11-29(21-28)31-22-42-35(40-31)27(4)26(3)33(34(37(43)44)48-38(5,6)7)36(42)41-16-14-39(8,15-17-41)46-19-18-45-23-25(2)47-32(30)20-24/h9-13,20-22,25,34H,14-19,23H2,1-8H3,(H,43,44)/t25-,34-/m0/s1. The third-order valence-corrected chi connectivity index (χ3v) is 9.52. The van der Waals surface area contributed by atoms with Crippen LogP contribution in [0.25, 0.3) is 28.0 Å². The summed E-state index contributed by atoms with van der Waals surface area (Å²) in [5.74, 6) is 0.597. The third kappa shape index (κ3) is 6.95. The largest absolute Gasteiger partial charge is 0.488 e. The highest BCUT2D eigenvalue weighted by Gasteiger charge is 2.38. The molecule has 3 aliphatic rings. The molecule has 3 aliphatic heterocycles. The van der Waals surface area contributed by atoms with Crippen LogP contribution >= 0.6 is 0 Å². The maximum Gasteiger partial charge on any atom is 0.337 e. The minimum Gasteiger partial charge on any atom is -0.488 e. The number of carboxylic acid groups (broad SMARTS) is 1. The van der Waals surface area contributed by atoms with Crippen LogP contribution in [0.3, 0.4) is 0 Å². The first kappa shape index (κ1) is 34.0. The van der Waals surface area contributed by atoms with Crippen molar-refractivity contribution in [3.8, 4) is 28.1 Å². The molecule has 0 spiro atoms. The molecule has 0 aliphatic carbocycles. The predicted molar refractivity (Wildman–Crippen MR) is 188 cm³/mol. The van der Waals surface area contributed by atoms with Crippen LogP contribution in [0.2, 0.25) is 0 Å². The van der Waals surface area contributed by atoms with E-state index < -0.39 is 17.7 Å². The Morgan fingerprint density at radius 2 is 1.77 bits per heavy atom. The second-order valence-electron chi connectivity index (χ2n) is 14.6. The smallest absolute Gasteiger partial charge is 0.337 e. The number of piperidine rings is 1. The lowest BCUT2D eigenvalue weighted by atomic mass is 9.92. The molecule has 1 saturated heterocycles. The normalized spacial score (nSPS) is 21.2. The molecule has 256 valence electrons. The number of carboxylic acids is 1. The number of fused-ring (bicyclic) bond motifs is 8. The van der Waals surface area contributed by atoms with E-state index in [4.69, 9.17) is 23.9 Å². The van der Waals surface area contributed by atoms with Gasteiger partial charge in [-0.05, 0) is 103 Å². The van der Waals surface area contributed by atoms with Gasteiger partial charge in [-0.3, -0.25) is 4.40 Å². The third-order valence-electron chi connectivity index (χ3n) is 9.52. The maximum absolute atomic E-state index is 12.9. The van der Waals surface area contributed by atoms with Crippen LogP contribution < -0.4 is 9.64 Å². The van der Waals surface area contributed by atoms with Crippen LogP contribution in [0.5, 0.6) is 5.75 Å². The molecular weight excluding hydrogens is 606 g/mol. The van der Waals surface area contributed by atoms with Gasteiger partial charge >= 0.3 is 5.97 Å². The van der Waals surface area contributed by atoms with Crippen molar-refractivity contribution >= 4 is 17.4 Å². The summed E-state index contributed by atoms with van der Waals surface area (Å²) in [7, 11) is 0. The van der Waals surface area contributed by atoms with Gasteiger partial charge in [0.05, 0.1) is 36.7 Å². The number of aromatic nitrogens is 2. The molecule has 1 fully saturated rings.